The van der Waals surface area contributed by atoms with E-state index in [4.69, 9.17) is 0 Å². The molecule has 122 valence electrons. The third kappa shape index (κ3) is 2.65. The fourth-order valence-corrected chi connectivity index (χ4v) is 4.41. The van der Waals surface area contributed by atoms with Gasteiger partial charge in [-0.1, -0.05) is 12.1 Å². The third-order valence-electron chi connectivity index (χ3n) is 5.35. The number of fused-ring (bicyclic) bond motifs is 1. The molecule has 0 saturated heterocycles. The summed E-state index contributed by atoms with van der Waals surface area (Å²) in [5, 5.41) is 21.9. The van der Waals surface area contributed by atoms with Crippen LogP contribution in [0.15, 0.2) is 48.8 Å². The van der Waals surface area contributed by atoms with Gasteiger partial charge in [-0.05, 0) is 61.8 Å². The van der Waals surface area contributed by atoms with Gasteiger partial charge in [0, 0.05) is 12.4 Å². The van der Waals surface area contributed by atoms with Crippen LogP contribution in [0.3, 0.4) is 0 Å². The minimum absolute atomic E-state index is 0. The van der Waals surface area contributed by atoms with Gasteiger partial charge < -0.3 is 15.7 Å². The van der Waals surface area contributed by atoms with Gasteiger partial charge in [-0.3, -0.25) is 9.97 Å². The molecule has 0 aliphatic heterocycles. The topological polar surface area (TPSA) is 97.7 Å². The minimum Gasteiger partial charge on any atom is -0.412 e. The zero-order valence-electron chi connectivity index (χ0n) is 12.9. The normalized spacial score (nSPS) is 35.6. The molecule has 2 fully saturated rings. The summed E-state index contributed by atoms with van der Waals surface area (Å²) in [6.45, 7) is 0. The van der Waals surface area contributed by atoms with Gasteiger partial charge in [0.15, 0.2) is 0 Å². The molecular formula is C18H22N2O3. The highest BCUT2D eigenvalue weighted by atomic mass is 16.3. The van der Waals surface area contributed by atoms with Crippen molar-refractivity contribution >= 4 is 0 Å². The third-order valence-corrected chi connectivity index (χ3v) is 5.35. The van der Waals surface area contributed by atoms with Crippen molar-refractivity contribution in [3.63, 3.8) is 0 Å². The van der Waals surface area contributed by atoms with E-state index in [9.17, 15) is 10.2 Å². The smallest absolute Gasteiger partial charge is 0.107 e. The summed E-state index contributed by atoms with van der Waals surface area (Å²) < 4.78 is 0. The van der Waals surface area contributed by atoms with E-state index in [1.54, 1.807) is 12.4 Å². The van der Waals surface area contributed by atoms with Gasteiger partial charge in [0.1, 0.15) is 11.2 Å². The second kappa shape index (κ2) is 5.67. The first-order chi connectivity index (χ1) is 10.6. The number of aliphatic hydroxyl groups is 2. The fourth-order valence-electron chi connectivity index (χ4n) is 4.41. The van der Waals surface area contributed by atoms with E-state index >= 15 is 0 Å². The molecule has 0 bridgehead atoms. The molecular weight excluding hydrogens is 292 g/mol. The molecule has 0 amide bonds. The van der Waals surface area contributed by atoms with E-state index in [2.05, 4.69) is 9.97 Å². The van der Waals surface area contributed by atoms with E-state index in [1.165, 1.54) is 0 Å². The SMILES string of the molecule is O.OC1(c2ccccn2)CC2CC(O)(c3ccccn3)CC2C1. The van der Waals surface area contributed by atoms with Crippen LogP contribution in [0.2, 0.25) is 0 Å². The molecule has 2 saturated carbocycles. The molecule has 0 spiro atoms. The summed E-state index contributed by atoms with van der Waals surface area (Å²) in [4.78, 5) is 8.66. The van der Waals surface area contributed by atoms with Crippen molar-refractivity contribution in [2.24, 2.45) is 11.8 Å². The second-order valence-electron chi connectivity index (χ2n) is 6.83. The quantitative estimate of drug-likeness (QED) is 0.878. The Morgan fingerprint density at radius 3 is 1.43 bits per heavy atom. The molecule has 2 aliphatic carbocycles. The molecule has 5 nitrogen and oxygen atoms in total. The monoisotopic (exact) mass is 314 g/mol. The van der Waals surface area contributed by atoms with Crippen molar-refractivity contribution < 1.29 is 15.7 Å². The fraction of sp³-hybridized carbons (Fsp3) is 0.444. The largest absolute Gasteiger partial charge is 0.412 e. The maximum atomic E-state index is 10.9. The molecule has 2 aliphatic rings. The molecule has 5 heteroatoms. The molecule has 2 heterocycles. The van der Waals surface area contributed by atoms with Crippen LogP contribution < -0.4 is 0 Å². The van der Waals surface area contributed by atoms with E-state index < -0.39 is 11.2 Å². The highest BCUT2D eigenvalue weighted by molar-refractivity contribution is 5.21. The first-order valence-corrected chi connectivity index (χ1v) is 7.87. The van der Waals surface area contributed by atoms with Crippen LogP contribution in [0.25, 0.3) is 0 Å². The van der Waals surface area contributed by atoms with Crippen LogP contribution in [0.5, 0.6) is 0 Å². The molecule has 2 aromatic rings. The molecule has 2 aromatic heterocycles. The van der Waals surface area contributed by atoms with E-state index in [-0.39, 0.29) is 5.48 Å². The zero-order valence-corrected chi connectivity index (χ0v) is 12.9. The Morgan fingerprint density at radius 2 is 1.13 bits per heavy atom. The summed E-state index contributed by atoms with van der Waals surface area (Å²) in [5.41, 5.74) is -0.180. The van der Waals surface area contributed by atoms with Crippen molar-refractivity contribution in [1.82, 2.24) is 9.97 Å². The number of aromatic nitrogens is 2. The number of nitrogens with zero attached hydrogens (tertiary/aromatic N) is 2. The van der Waals surface area contributed by atoms with Gasteiger partial charge in [0.05, 0.1) is 11.4 Å². The standard InChI is InChI=1S/C18H20N2O2.H2O/c21-17(15-5-1-3-7-19-15)9-13-11-18(22,12-14(13)10-17)16-6-2-4-8-20-16;/h1-8,13-14,21-22H,9-12H2;1H2. The highest BCUT2D eigenvalue weighted by Crippen LogP contribution is 2.57. The molecule has 0 atom stereocenters. The van der Waals surface area contributed by atoms with Crippen molar-refractivity contribution in [1.29, 1.82) is 0 Å². The first-order valence-electron chi connectivity index (χ1n) is 7.87. The molecule has 4 rings (SSSR count). The predicted octanol–water partition coefficient (Wildman–Crippen LogP) is 1.55. The van der Waals surface area contributed by atoms with Gasteiger partial charge in [-0.2, -0.15) is 0 Å². The Balaban J connectivity index is 0.00000156. The van der Waals surface area contributed by atoms with Gasteiger partial charge in [-0.15, -0.1) is 0 Å². The first kappa shape index (κ1) is 16.1. The Kier molecular flexibility index (Phi) is 3.96. The Labute approximate surface area is 135 Å². The van der Waals surface area contributed by atoms with Crippen LogP contribution in [0.1, 0.15) is 37.1 Å². The van der Waals surface area contributed by atoms with Gasteiger partial charge in [0.25, 0.3) is 0 Å². The average molecular weight is 314 g/mol. The molecule has 0 aromatic carbocycles. The maximum absolute atomic E-state index is 10.9. The number of hydrogen-bond donors (Lipinski definition) is 2. The summed E-state index contributed by atoms with van der Waals surface area (Å²) in [5.74, 6) is 0.637. The number of pyridine rings is 2. The van der Waals surface area contributed by atoms with Gasteiger partial charge >= 0.3 is 0 Å². The summed E-state index contributed by atoms with van der Waals surface area (Å²) >= 11 is 0. The van der Waals surface area contributed by atoms with E-state index in [1.807, 2.05) is 36.4 Å². The van der Waals surface area contributed by atoms with Crippen molar-refractivity contribution in [3.8, 4) is 0 Å². The predicted molar refractivity (Wildman–Crippen MR) is 85.3 cm³/mol. The Hall–Kier alpha value is -1.82. The Morgan fingerprint density at radius 1 is 0.739 bits per heavy atom. The lowest BCUT2D eigenvalue weighted by Crippen LogP contribution is -2.28. The lowest BCUT2D eigenvalue weighted by Gasteiger charge is -2.27. The summed E-state index contributed by atoms with van der Waals surface area (Å²) in [6.07, 6.45) is 6.14. The Bertz CT molecular complexity index is 591. The van der Waals surface area contributed by atoms with Crippen LogP contribution in [-0.2, 0) is 11.2 Å². The molecule has 0 radical (unpaired) electrons. The number of rotatable bonds is 2. The van der Waals surface area contributed by atoms with Gasteiger partial charge in [0.2, 0.25) is 0 Å². The molecule has 23 heavy (non-hydrogen) atoms. The van der Waals surface area contributed by atoms with Crippen molar-refractivity contribution in [2.45, 2.75) is 36.9 Å². The lowest BCUT2D eigenvalue weighted by molar-refractivity contribution is -0.00379. The summed E-state index contributed by atoms with van der Waals surface area (Å²) in [7, 11) is 0. The summed E-state index contributed by atoms with van der Waals surface area (Å²) in [6, 6.07) is 11.3. The lowest BCUT2D eigenvalue weighted by atomic mass is 9.88. The van der Waals surface area contributed by atoms with Crippen LogP contribution >= 0.6 is 0 Å². The molecule has 4 N–H and O–H groups in total. The van der Waals surface area contributed by atoms with E-state index in [0.717, 1.165) is 11.4 Å². The van der Waals surface area contributed by atoms with Crippen LogP contribution in [-0.4, -0.2) is 25.7 Å². The molecule has 0 unspecified atom stereocenters. The highest BCUT2D eigenvalue weighted by Gasteiger charge is 2.55. The van der Waals surface area contributed by atoms with Crippen LogP contribution in [0.4, 0.5) is 0 Å². The minimum atomic E-state index is -0.845. The average Bonchev–Trinajstić information content (AvgIpc) is 3.01. The second-order valence-corrected chi connectivity index (χ2v) is 6.83. The van der Waals surface area contributed by atoms with Crippen molar-refractivity contribution in [2.75, 3.05) is 0 Å². The van der Waals surface area contributed by atoms with Crippen LogP contribution in [0, 0.1) is 11.8 Å². The van der Waals surface area contributed by atoms with E-state index in [0.29, 0.717) is 37.5 Å². The number of hydrogen-bond acceptors (Lipinski definition) is 4. The zero-order chi connectivity index (χ0) is 15.2. The maximum Gasteiger partial charge on any atom is 0.107 e. The van der Waals surface area contributed by atoms with Gasteiger partial charge in [-0.25, -0.2) is 0 Å². The van der Waals surface area contributed by atoms with Crippen molar-refractivity contribution in [3.05, 3.63) is 60.2 Å².